The zero-order valence-electron chi connectivity index (χ0n) is 17.1. The maximum atomic E-state index is 5.55. The summed E-state index contributed by atoms with van der Waals surface area (Å²) in [6, 6.07) is 6.78. The highest BCUT2D eigenvalue weighted by molar-refractivity contribution is 5.90. The zero-order chi connectivity index (χ0) is 20.1. The molecule has 4 aromatic heterocycles. The number of H-pyrrole nitrogens is 1. The number of nitrogens with zero attached hydrogens (tertiary/aromatic N) is 5. The van der Waals surface area contributed by atoms with E-state index >= 15 is 0 Å². The number of rotatable bonds is 5. The minimum atomic E-state index is 0.306. The molecule has 1 fully saturated rings. The Balaban J connectivity index is 1.65. The molecule has 1 aliphatic rings. The van der Waals surface area contributed by atoms with Crippen LogP contribution in [0.5, 0.6) is 5.75 Å². The molecule has 0 radical (unpaired) electrons. The second kappa shape index (κ2) is 6.73. The van der Waals surface area contributed by atoms with Gasteiger partial charge in [-0.25, -0.2) is 14.5 Å². The molecule has 8 heteroatoms. The molecule has 5 rings (SSSR count). The van der Waals surface area contributed by atoms with Crippen LogP contribution in [0.3, 0.4) is 0 Å². The normalized spacial score (nSPS) is 14.9. The fraction of sp³-hybridized carbons (Fsp3) is 0.381. The third kappa shape index (κ3) is 2.82. The molecule has 0 aromatic carbocycles. The van der Waals surface area contributed by atoms with E-state index in [1.54, 1.807) is 11.6 Å². The van der Waals surface area contributed by atoms with Gasteiger partial charge < -0.3 is 19.9 Å². The number of hydrogen-bond donors (Lipinski definition) is 2. The molecule has 0 amide bonds. The van der Waals surface area contributed by atoms with Crippen LogP contribution in [-0.2, 0) is 0 Å². The SMILES string of the molecule is CNC1CN(c2ccc3[nH]c(-c4cc(OC)c5ncnn5c4)c(C(C)C)c3n2)C1. The molecular formula is C21H25N7O. The summed E-state index contributed by atoms with van der Waals surface area (Å²) in [7, 11) is 3.66. The Labute approximate surface area is 168 Å². The first-order valence-corrected chi connectivity index (χ1v) is 9.91. The van der Waals surface area contributed by atoms with E-state index in [4.69, 9.17) is 9.72 Å². The standard InChI is InChI=1S/C21H25N7O/c1-12(2)18-19(13-7-16(29-4)21-23-11-24-28(21)8-13)25-15-5-6-17(26-20(15)18)27-9-14(10-27)22-3/h5-8,11-12,14,22,25H,9-10H2,1-4H3. The van der Waals surface area contributed by atoms with Gasteiger partial charge in [-0.05, 0) is 31.2 Å². The van der Waals surface area contributed by atoms with E-state index in [9.17, 15) is 0 Å². The third-order valence-electron chi connectivity index (χ3n) is 5.71. The molecule has 5 heterocycles. The largest absolute Gasteiger partial charge is 0.493 e. The third-order valence-corrected chi connectivity index (χ3v) is 5.71. The number of fused-ring (bicyclic) bond motifs is 2. The Morgan fingerprint density at radius 3 is 2.83 bits per heavy atom. The van der Waals surface area contributed by atoms with Crippen molar-refractivity contribution in [3.8, 4) is 17.0 Å². The van der Waals surface area contributed by atoms with Crippen molar-refractivity contribution < 1.29 is 4.74 Å². The number of hydrogen-bond acceptors (Lipinski definition) is 6. The molecular weight excluding hydrogens is 366 g/mol. The van der Waals surface area contributed by atoms with Crippen LogP contribution in [0.15, 0.2) is 30.7 Å². The summed E-state index contributed by atoms with van der Waals surface area (Å²) in [5.74, 6) is 2.03. The Hall–Kier alpha value is -3.13. The maximum Gasteiger partial charge on any atom is 0.197 e. The number of aromatic amines is 1. The van der Waals surface area contributed by atoms with E-state index in [0.29, 0.717) is 23.4 Å². The molecule has 0 unspecified atom stereocenters. The van der Waals surface area contributed by atoms with Gasteiger partial charge in [0.25, 0.3) is 0 Å². The topological polar surface area (TPSA) is 83.4 Å². The van der Waals surface area contributed by atoms with Gasteiger partial charge in [-0.3, -0.25) is 0 Å². The number of nitrogens with one attached hydrogen (secondary N) is 2. The molecule has 0 spiro atoms. The molecule has 8 nitrogen and oxygen atoms in total. The summed E-state index contributed by atoms with van der Waals surface area (Å²) in [4.78, 5) is 15.2. The van der Waals surface area contributed by atoms with E-state index in [1.807, 2.05) is 19.3 Å². The molecule has 29 heavy (non-hydrogen) atoms. The lowest BCUT2D eigenvalue weighted by Gasteiger charge is -2.39. The van der Waals surface area contributed by atoms with Crippen LogP contribution in [-0.4, -0.2) is 57.9 Å². The quantitative estimate of drug-likeness (QED) is 0.544. The van der Waals surface area contributed by atoms with Crippen LogP contribution in [0, 0.1) is 0 Å². The molecule has 1 aliphatic heterocycles. The van der Waals surface area contributed by atoms with Gasteiger partial charge in [0.2, 0.25) is 0 Å². The van der Waals surface area contributed by atoms with E-state index in [1.165, 1.54) is 11.9 Å². The van der Waals surface area contributed by atoms with Crippen molar-refractivity contribution in [2.24, 2.45) is 0 Å². The summed E-state index contributed by atoms with van der Waals surface area (Å²) in [6.07, 6.45) is 3.52. The van der Waals surface area contributed by atoms with Gasteiger partial charge in [0.05, 0.1) is 23.8 Å². The van der Waals surface area contributed by atoms with Gasteiger partial charge >= 0.3 is 0 Å². The second-order valence-electron chi connectivity index (χ2n) is 7.85. The smallest absolute Gasteiger partial charge is 0.197 e. The summed E-state index contributed by atoms with van der Waals surface area (Å²) in [5, 5.41) is 7.61. The van der Waals surface area contributed by atoms with Crippen LogP contribution < -0.4 is 15.0 Å². The van der Waals surface area contributed by atoms with E-state index < -0.39 is 0 Å². The van der Waals surface area contributed by atoms with Crippen molar-refractivity contribution in [1.29, 1.82) is 0 Å². The van der Waals surface area contributed by atoms with E-state index in [2.05, 4.69) is 51.3 Å². The molecule has 0 saturated carbocycles. The molecule has 2 N–H and O–H groups in total. The van der Waals surface area contributed by atoms with Crippen LogP contribution in [0.25, 0.3) is 27.9 Å². The first-order chi connectivity index (χ1) is 14.1. The lowest BCUT2D eigenvalue weighted by atomic mass is 9.99. The number of pyridine rings is 2. The van der Waals surface area contributed by atoms with E-state index in [0.717, 1.165) is 41.2 Å². The van der Waals surface area contributed by atoms with Gasteiger partial charge in [0.15, 0.2) is 11.4 Å². The van der Waals surface area contributed by atoms with Gasteiger partial charge in [-0.15, -0.1) is 0 Å². The highest BCUT2D eigenvalue weighted by Gasteiger charge is 2.27. The maximum absolute atomic E-state index is 5.55. The summed E-state index contributed by atoms with van der Waals surface area (Å²) < 4.78 is 7.30. The van der Waals surface area contributed by atoms with Gasteiger partial charge in [-0.2, -0.15) is 5.10 Å². The average Bonchev–Trinajstić information content (AvgIpc) is 3.30. The predicted octanol–water partition coefficient (Wildman–Crippen LogP) is 2.81. The Bertz CT molecular complexity index is 1190. The van der Waals surface area contributed by atoms with Gasteiger partial charge in [-0.1, -0.05) is 13.8 Å². The second-order valence-corrected chi connectivity index (χ2v) is 7.85. The van der Waals surface area contributed by atoms with Crippen LogP contribution in [0.1, 0.15) is 25.3 Å². The monoisotopic (exact) mass is 391 g/mol. The van der Waals surface area contributed by atoms with Crippen molar-refractivity contribution in [3.63, 3.8) is 0 Å². The average molecular weight is 391 g/mol. The first kappa shape index (κ1) is 17.9. The Morgan fingerprint density at radius 2 is 2.10 bits per heavy atom. The summed E-state index contributed by atoms with van der Waals surface area (Å²) >= 11 is 0. The highest BCUT2D eigenvalue weighted by Crippen LogP contribution is 2.37. The highest BCUT2D eigenvalue weighted by atomic mass is 16.5. The van der Waals surface area contributed by atoms with Gasteiger partial charge in [0.1, 0.15) is 12.1 Å². The molecule has 0 bridgehead atoms. The minimum absolute atomic E-state index is 0.306. The Kier molecular flexibility index (Phi) is 4.16. The minimum Gasteiger partial charge on any atom is -0.493 e. The Morgan fingerprint density at radius 1 is 1.28 bits per heavy atom. The summed E-state index contributed by atoms with van der Waals surface area (Å²) in [5.41, 5.74) is 6.02. The van der Waals surface area contributed by atoms with Crippen molar-refractivity contribution in [2.45, 2.75) is 25.8 Å². The first-order valence-electron chi connectivity index (χ1n) is 9.91. The lowest BCUT2D eigenvalue weighted by Crippen LogP contribution is -2.57. The van der Waals surface area contributed by atoms with Crippen molar-refractivity contribution in [1.82, 2.24) is 29.9 Å². The molecule has 0 atom stereocenters. The number of ether oxygens (including phenoxy) is 1. The number of likely N-dealkylation sites (N-methyl/N-ethyl adjacent to an activating group) is 1. The van der Waals surface area contributed by atoms with Crippen LogP contribution in [0.2, 0.25) is 0 Å². The molecule has 4 aromatic rings. The molecule has 0 aliphatic carbocycles. The van der Waals surface area contributed by atoms with Crippen molar-refractivity contribution in [2.75, 3.05) is 32.1 Å². The summed E-state index contributed by atoms with van der Waals surface area (Å²) in [6.45, 7) is 6.38. The number of aromatic nitrogens is 5. The van der Waals surface area contributed by atoms with Crippen molar-refractivity contribution in [3.05, 3.63) is 36.3 Å². The zero-order valence-corrected chi connectivity index (χ0v) is 17.1. The van der Waals surface area contributed by atoms with E-state index in [-0.39, 0.29) is 0 Å². The number of anilines is 1. The van der Waals surface area contributed by atoms with Gasteiger partial charge in [0, 0.05) is 36.5 Å². The predicted molar refractivity (Wildman–Crippen MR) is 114 cm³/mol. The fourth-order valence-electron chi connectivity index (χ4n) is 4.07. The lowest BCUT2D eigenvalue weighted by molar-refractivity contribution is 0.416. The molecule has 150 valence electrons. The fourth-order valence-corrected chi connectivity index (χ4v) is 4.07. The molecule has 1 saturated heterocycles. The van der Waals surface area contributed by atoms with Crippen LogP contribution in [0.4, 0.5) is 5.82 Å². The number of methoxy groups -OCH3 is 1. The van der Waals surface area contributed by atoms with Crippen molar-refractivity contribution >= 4 is 22.5 Å². The van der Waals surface area contributed by atoms with Crippen LogP contribution >= 0.6 is 0 Å².